The monoisotopic (exact) mass is 255 g/mol. The molecule has 0 saturated carbocycles. The Hall–Kier alpha value is -2.36. The van der Waals surface area contributed by atoms with Crippen molar-refractivity contribution in [3.63, 3.8) is 0 Å². The molecule has 0 saturated heterocycles. The van der Waals surface area contributed by atoms with Gasteiger partial charge in [-0.3, -0.25) is 9.78 Å². The molecule has 3 N–H and O–H groups in total. The number of nitrogens with two attached hydrogens (primary N) is 1. The SMILES string of the molecule is Cc1c(N)cccc1C(=O)N[C@@H](C)c1ccncc1. The van der Waals surface area contributed by atoms with Crippen LogP contribution in [-0.2, 0) is 0 Å². The summed E-state index contributed by atoms with van der Waals surface area (Å²) >= 11 is 0. The van der Waals surface area contributed by atoms with Gasteiger partial charge in [0, 0.05) is 23.6 Å². The summed E-state index contributed by atoms with van der Waals surface area (Å²) in [6, 6.07) is 9.05. The van der Waals surface area contributed by atoms with Gasteiger partial charge in [-0.05, 0) is 49.2 Å². The predicted molar refractivity (Wildman–Crippen MR) is 75.7 cm³/mol. The van der Waals surface area contributed by atoms with E-state index in [1.54, 1.807) is 30.6 Å². The van der Waals surface area contributed by atoms with Crippen LogP contribution in [0.3, 0.4) is 0 Å². The van der Waals surface area contributed by atoms with Crippen LogP contribution >= 0.6 is 0 Å². The summed E-state index contributed by atoms with van der Waals surface area (Å²) in [6.45, 7) is 3.79. The third-order valence-electron chi connectivity index (χ3n) is 3.17. The first-order chi connectivity index (χ1) is 9.09. The first-order valence-electron chi connectivity index (χ1n) is 6.15. The Bertz CT molecular complexity index is 581. The number of nitrogen functional groups attached to an aromatic ring is 1. The van der Waals surface area contributed by atoms with E-state index in [-0.39, 0.29) is 11.9 Å². The largest absolute Gasteiger partial charge is 0.398 e. The van der Waals surface area contributed by atoms with E-state index in [1.165, 1.54) is 0 Å². The van der Waals surface area contributed by atoms with Gasteiger partial charge in [0.2, 0.25) is 0 Å². The molecule has 0 fully saturated rings. The number of nitrogens with zero attached hydrogens (tertiary/aromatic N) is 1. The number of anilines is 1. The van der Waals surface area contributed by atoms with E-state index in [1.807, 2.05) is 26.0 Å². The van der Waals surface area contributed by atoms with Gasteiger partial charge in [0.25, 0.3) is 5.91 Å². The minimum absolute atomic E-state index is 0.0728. The lowest BCUT2D eigenvalue weighted by Gasteiger charge is -2.15. The lowest BCUT2D eigenvalue weighted by Crippen LogP contribution is -2.27. The minimum atomic E-state index is -0.117. The van der Waals surface area contributed by atoms with Crippen LogP contribution in [0.25, 0.3) is 0 Å². The highest BCUT2D eigenvalue weighted by atomic mass is 16.1. The maximum Gasteiger partial charge on any atom is 0.252 e. The Kier molecular flexibility index (Phi) is 3.80. The standard InChI is InChI=1S/C15H17N3O/c1-10-13(4-3-5-14(10)16)15(19)18-11(2)12-6-8-17-9-7-12/h3-9,11H,16H2,1-2H3,(H,18,19)/t11-/m0/s1. The number of benzene rings is 1. The third-order valence-corrected chi connectivity index (χ3v) is 3.17. The molecule has 0 spiro atoms. The van der Waals surface area contributed by atoms with Crippen LogP contribution in [0.1, 0.15) is 34.5 Å². The molecular formula is C15H17N3O. The van der Waals surface area contributed by atoms with Crippen LogP contribution in [-0.4, -0.2) is 10.9 Å². The van der Waals surface area contributed by atoms with Crippen molar-refractivity contribution >= 4 is 11.6 Å². The smallest absolute Gasteiger partial charge is 0.252 e. The maximum absolute atomic E-state index is 12.2. The Morgan fingerprint density at radius 1 is 1.26 bits per heavy atom. The zero-order chi connectivity index (χ0) is 13.8. The highest BCUT2D eigenvalue weighted by Gasteiger charge is 2.14. The van der Waals surface area contributed by atoms with E-state index >= 15 is 0 Å². The summed E-state index contributed by atoms with van der Waals surface area (Å²) in [5.74, 6) is -0.117. The molecule has 1 aromatic heterocycles. The van der Waals surface area contributed by atoms with E-state index in [2.05, 4.69) is 10.3 Å². The molecule has 2 rings (SSSR count). The number of amides is 1. The fourth-order valence-electron chi connectivity index (χ4n) is 1.91. The predicted octanol–water partition coefficient (Wildman–Crippen LogP) is 2.46. The van der Waals surface area contributed by atoms with E-state index < -0.39 is 0 Å². The van der Waals surface area contributed by atoms with Crippen molar-refractivity contribution in [3.05, 3.63) is 59.4 Å². The summed E-state index contributed by atoms with van der Waals surface area (Å²) in [6.07, 6.45) is 3.42. The van der Waals surface area contributed by atoms with Crippen LogP contribution in [0.4, 0.5) is 5.69 Å². The van der Waals surface area contributed by atoms with Crippen molar-refractivity contribution in [2.45, 2.75) is 19.9 Å². The van der Waals surface area contributed by atoms with Gasteiger partial charge in [-0.15, -0.1) is 0 Å². The summed E-state index contributed by atoms with van der Waals surface area (Å²) in [7, 11) is 0. The number of hydrogen-bond acceptors (Lipinski definition) is 3. The van der Waals surface area contributed by atoms with Gasteiger partial charge in [-0.1, -0.05) is 6.07 Å². The molecule has 0 aliphatic rings. The number of rotatable bonds is 3. The molecule has 0 aliphatic heterocycles. The lowest BCUT2D eigenvalue weighted by atomic mass is 10.0. The van der Waals surface area contributed by atoms with Crippen LogP contribution in [0.15, 0.2) is 42.7 Å². The zero-order valence-corrected chi connectivity index (χ0v) is 11.1. The van der Waals surface area contributed by atoms with Crippen molar-refractivity contribution in [1.82, 2.24) is 10.3 Å². The van der Waals surface area contributed by atoms with Crippen molar-refractivity contribution in [1.29, 1.82) is 0 Å². The van der Waals surface area contributed by atoms with Gasteiger partial charge in [0.15, 0.2) is 0 Å². The van der Waals surface area contributed by atoms with Gasteiger partial charge >= 0.3 is 0 Å². The molecule has 1 atom stereocenters. The van der Waals surface area contributed by atoms with E-state index in [9.17, 15) is 4.79 Å². The van der Waals surface area contributed by atoms with E-state index in [4.69, 9.17) is 5.73 Å². The fourth-order valence-corrected chi connectivity index (χ4v) is 1.91. The topological polar surface area (TPSA) is 68.0 Å². The van der Waals surface area contributed by atoms with Crippen LogP contribution in [0.5, 0.6) is 0 Å². The molecule has 0 bridgehead atoms. The molecule has 19 heavy (non-hydrogen) atoms. The van der Waals surface area contributed by atoms with Crippen molar-refractivity contribution in [3.8, 4) is 0 Å². The highest BCUT2D eigenvalue weighted by Crippen LogP contribution is 2.17. The molecular weight excluding hydrogens is 238 g/mol. The normalized spacial score (nSPS) is 11.9. The fraction of sp³-hybridized carbons (Fsp3) is 0.200. The number of carbonyl (C=O) groups is 1. The molecule has 0 aliphatic carbocycles. The second-order valence-electron chi connectivity index (χ2n) is 4.50. The van der Waals surface area contributed by atoms with Crippen LogP contribution < -0.4 is 11.1 Å². The van der Waals surface area contributed by atoms with Gasteiger partial charge in [-0.25, -0.2) is 0 Å². The molecule has 1 aromatic carbocycles. The third kappa shape index (κ3) is 2.91. The van der Waals surface area contributed by atoms with Crippen LogP contribution in [0, 0.1) is 6.92 Å². The number of pyridine rings is 1. The second kappa shape index (κ2) is 5.52. The minimum Gasteiger partial charge on any atom is -0.398 e. The summed E-state index contributed by atoms with van der Waals surface area (Å²) in [5, 5.41) is 2.96. The molecule has 0 unspecified atom stereocenters. The number of carbonyl (C=O) groups excluding carboxylic acids is 1. The van der Waals surface area contributed by atoms with Gasteiger partial charge in [0.05, 0.1) is 6.04 Å². The van der Waals surface area contributed by atoms with Crippen LogP contribution in [0.2, 0.25) is 0 Å². The average Bonchev–Trinajstić information content (AvgIpc) is 2.42. The lowest BCUT2D eigenvalue weighted by molar-refractivity contribution is 0.0939. The Morgan fingerprint density at radius 3 is 2.63 bits per heavy atom. The summed E-state index contributed by atoms with van der Waals surface area (Å²) < 4.78 is 0. The van der Waals surface area contributed by atoms with Crippen molar-refractivity contribution < 1.29 is 4.79 Å². The number of aromatic nitrogens is 1. The van der Waals surface area contributed by atoms with Gasteiger partial charge < -0.3 is 11.1 Å². The molecule has 1 heterocycles. The quantitative estimate of drug-likeness (QED) is 0.828. The van der Waals surface area contributed by atoms with Crippen molar-refractivity contribution in [2.24, 2.45) is 0 Å². The zero-order valence-electron chi connectivity index (χ0n) is 11.1. The molecule has 2 aromatic rings. The Morgan fingerprint density at radius 2 is 1.95 bits per heavy atom. The highest BCUT2D eigenvalue weighted by molar-refractivity contribution is 5.97. The second-order valence-corrected chi connectivity index (χ2v) is 4.50. The van der Waals surface area contributed by atoms with Gasteiger partial charge in [-0.2, -0.15) is 0 Å². The summed E-state index contributed by atoms with van der Waals surface area (Å²) in [5.41, 5.74) is 8.88. The molecule has 98 valence electrons. The molecule has 4 heteroatoms. The Labute approximate surface area is 112 Å². The summed E-state index contributed by atoms with van der Waals surface area (Å²) in [4.78, 5) is 16.2. The molecule has 4 nitrogen and oxygen atoms in total. The number of hydrogen-bond donors (Lipinski definition) is 2. The first-order valence-corrected chi connectivity index (χ1v) is 6.15. The first kappa shape index (κ1) is 13.1. The molecule has 0 radical (unpaired) electrons. The Balaban J connectivity index is 2.16. The number of nitrogens with one attached hydrogen (secondary N) is 1. The maximum atomic E-state index is 12.2. The van der Waals surface area contributed by atoms with E-state index in [0.717, 1.165) is 11.1 Å². The van der Waals surface area contributed by atoms with E-state index in [0.29, 0.717) is 11.3 Å². The van der Waals surface area contributed by atoms with Crippen molar-refractivity contribution in [2.75, 3.05) is 5.73 Å². The van der Waals surface area contributed by atoms with Gasteiger partial charge in [0.1, 0.15) is 0 Å². The molecule has 1 amide bonds. The average molecular weight is 255 g/mol.